The second-order valence-electron chi connectivity index (χ2n) is 12.6. The molecule has 2 rings (SSSR count). The van der Waals surface area contributed by atoms with Crippen LogP contribution in [0.1, 0.15) is 102 Å². The third-order valence-electron chi connectivity index (χ3n) is 6.75. The standard InChI is InChI=1S/C34H52N2O4/c1-9-39-29-19-15-25(16-20-29)31(37)27(23-35-33(3,4)5)13-11-12-14-28(24-36-34(6,7)8)32(38)26-17-21-30(22-18-26)40-10-2/h15-22,27-28,35-36H,9-14,23-24H2,1-8H3/t27-,28+. The van der Waals surface area contributed by atoms with Gasteiger partial charge in [-0.25, -0.2) is 0 Å². The summed E-state index contributed by atoms with van der Waals surface area (Å²) < 4.78 is 11.1. The van der Waals surface area contributed by atoms with Crippen molar-refractivity contribution in [1.82, 2.24) is 10.6 Å². The van der Waals surface area contributed by atoms with E-state index < -0.39 is 0 Å². The zero-order valence-electron chi connectivity index (χ0n) is 26.1. The molecule has 0 radical (unpaired) electrons. The van der Waals surface area contributed by atoms with Gasteiger partial charge in [-0.3, -0.25) is 9.59 Å². The van der Waals surface area contributed by atoms with E-state index in [0.29, 0.717) is 37.4 Å². The molecule has 0 aromatic heterocycles. The zero-order valence-corrected chi connectivity index (χ0v) is 26.1. The molecule has 0 fully saturated rings. The lowest BCUT2D eigenvalue weighted by Gasteiger charge is -2.26. The molecule has 0 saturated carbocycles. The van der Waals surface area contributed by atoms with Crippen molar-refractivity contribution in [3.63, 3.8) is 0 Å². The highest BCUT2D eigenvalue weighted by Gasteiger charge is 2.25. The van der Waals surface area contributed by atoms with Crippen LogP contribution < -0.4 is 20.1 Å². The summed E-state index contributed by atoms with van der Waals surface area (Å²) >= 11 is 0. The van der Waals surface area contributed by atoms with Gasteiger partial charge in [0, 0.05) is 47.1 Å². The molecule has 0 aliphatic carbocycles. The van der Waals surface area contributed by atoms with Crippen LogP contribution in [0.2, 0.25) is 0 Å². The van der Waals surface area contributed by atoms with E-state index in [1.54, 1.807) is 0 Å². The Hall–Kier alpha value is -2.70. The number of carbonyl (C=O) groups is 2. The van der Waals surface area contributed by atoms with Gasteiger partial charge in [0.15, 0.2) is 11.6 Å². The first-order valence-corrected chi connectivity index (χ1v) is 14.9. The van der Waals surface area contributed by atoms with Gasteiger partial charge in [0.2, 0.25) is 0 Å². The highest BCUT2D eigenvalue weighted by atomic mass is 16.5. The Labute approximate surface area is 242 Å². The maximum absolute atomic E-state index is 13.5. The Morgan fingerprint density at radius 2 is 0.950 bits per heavy atom. The third kappa shape index (κ3) is 12.2. The van der Waals surface area contributed by atoms with Crippen LogP contribution in [0.25, 0.3) is 0 Å². The lowest BCUT2D eigenvalue weighted by molar-refractivity contribution is 0.0886. The summed E-state index contributed by atoms with van der Waals surface area (Å²) in [5.41, 5.74) is 1.26. The molecule has 0 bridgehead atoms. The number of benzene rings is 2. The van der Waals surface area contributed by atoms with Crippen molar-refractivity contribution in [2.24, 2.45) is 11.8 Å². The summed E-state index contributed by atoms with van der Waals surface area (Å²) in [6.45, 7) is 19.0. The van der Waals surface area contributed by atoms with Crippen LogP contribution in [0.4, 0.5) is 0 Å². The normalized spacial score (nSPS) is 13.5. The summed E-state index contributed by atoms with van der Waals surface area (Å²) in [5.74, 6) is 1.58. The number of Topliss-reactive ketones (excluding diaryl/α,β-unsaturated/α-hetero) is 2. The van der Waals surface area contributed by atoms with Gasteiger partial charge >= 0.3 is 0 Å². The molecule has 0 amide bonds. The smallest absolute Gasteiger partial charge is 0.167 e. The van der Waals surface area contributed by atoms with Crippen molar-refractivity contribution in [3.8, 4) is 11.5 Å². The lowest BCUT2D eigenvalue weighted by atomic mass is 9.88. The van der Waals surface area contributed by atoms with Crippen LogP contribution >= 0.6 is 0 Å². The summed E-state index contributed by atoms with van der Waals surface area (Å²) in [6.07, 6.45) is 3.29. The van der Waals surface area contributed by atoms with Crippen LogP contribution in [-0.2, 0) is 0 Å². The Kier molecular flexibility index (Phi) is 13.3. The Bertz CT molecular complexity index is 948. The molecule has 2 aromatic rings. The minimum Gasteiger partial charge on any atom is -0.494 e. The van der Waals surface area contributed by atoms with Crippen LogP contribution in [-0.4, -0.2) is 48.9 Å². The Balaban J connectivity index is 2.07. The van der Waals surface area contributed by atoms with Crippen LogP contribution in [0, 0.1) is 11.8 Å². The van der Waals surface area contributed by atoms with E-state index in [-0.39, 0.29) is 34.5 Å². The molecule has 0 aliphatic heterocycles. The molecule has 0 heterocycles. The largest absolute Gasteiger partial charge is 0.494 e. The molecule has 2 atom stereocenters. The number of ether oxygens (including phenoxy) is 2. The lowest BCUT2D eigenvalue weighted by Crippen LogP contribution is -2.41. The topological polar surface area (TPSA) is 76.7 Å². The molecule has 6 heteroatoms. The minimum absolute atomic E-state index is 0.0782. The fraction of sp³-hybridized carbons (Fsp3) is 0.588. The molecule has 0 saturated heterocycles. The number of carbonyl (C=O) groups excluding carboxylic acids is 2. The van der Waals surface area contributed by atoms with Gasteiger partial charge in [-0.15, -0.1) is 0 Å². The van der Waals surface area contributed by atoms with Crippen molar-refractivity contribution >= 4 is 11.6 Å². The molecular weight excluding hydrogens is 500 g/mol. The van der Waals surface area contributed by atoms with Gasteiger partial charge < -0.3 is 20.1 Å². The second kappa shape index (κ2) is 15.9. The van der Waals surface area contributed by atoms with E-state index in [2.05, 4.69) is 52.2 Å². The Morgan fingerprint density at radius 3 is 1.23 bits per heavy atom. The van der Waals surface area contributed by atoms with Crippen LogP contribution in [0.15, 0.2) is 48.5 Å². The van der Waals surface area contributed by atoms with Crippen LogP contribution in [0.5, 0.6) is 11.5 Å². The van der Waals surface area contributed by atoms with E-state index in [0.717, 1.165) is 37.2 Å². The minimum atomic E-state index is -0.134. The predicted molar refractivity (Wildman–Crippen MR) is 165 cm³/mol. The molecule has 2 aromatic carbocycles. The molecule has 6 nitrogen and oxygen atoms in total. The molecule has 0 unspecified atom stereocenters. The summed E-state index contributed by atoms with van der Waals surface area (Å²) in [7, 11) is 0. The average molecular weight is 553 g/mol. The molecule has 222 valence electrons. The predicted octanol–water partition coefficient (Wildman–Crippen LogP) is 7.12. The van der Waals surface area contributed by atoms with E-state index >= 15 is 0 Å². The van der Waals surface area contributed by atoms with Crippen molar-refractivity contribution in [2.45, 2.75) is 92.2 Å². The van der Waals surface area contributed by atoms with E-state index in [1.807, 2.05) is 62.4 Å². The first-order valence-electron chi connectivity index (χ1n) is 14.9. The molecule has 0 aliphatic rings. The van der Waals surface area contributed by atoms with Crippen molar-refractivity contribution in [1.29, 1.82) is 0 Å². The van der Waals surface area contributed by atoms with E-state index in [9.17, 15) is 9.59 Å². The molecule has 40 heavy (non-hydrogen) atoms. The van der Waals surface area contributed by atoms with Gasteiger partial charge in [-0.05, 0) is 117 Å². The van der Waals surface area contributed by atoms with Gasteiger partial charge in [0.05, 0.1) is 13.2 Å². The van der Waals surface area contributed by atoms with Crippen molar-refractivity contribution in [2.75, 3.05) is 26.3 Å². The van der Waals surface area contributed by atoms with Gasteiger partial charge in [0.1, 0.15) is 11.5 Å². The summed E-state index contributed by atoms with van der Waals surface area (Å²) in [5, 5.41) is 7.05. The fourth-order valence-corrected chi connectivity index (χ4v) is 4.53. The van der Waals surface area contributed by atoms with E-state index in [1.165, 1.54) is 0 Å². The molecule has 0 spiro atoms. The number of ketones is 2. The van der Waals surface area contributed by atoms with Gasteiger partial charge in [-0.1, -0.05) is 12.8 Å². The van der Waals surface area contributed by atoms with Crippen LogP contribution in [0.3, 0.4) is 0 Å². The number of hydrogen-bond donors (Lipinski definition) is 2. The summed E-state index contributed by atoms with van der Waals surface area (Å²) in [4.78, 5) is 27.0. The quantitative estimate of drug-likeness (QED) is 0.161. The first-order chi connectivity index (χ1) is 18.8. The van der Waals surface area contributed by atoms with Crippen molar-refractivity contribution < 1.29 is 19.1 Å². The number of hydrogen-bond acceptors (Lipinski definition) is 6. The maximum atomic E-state index is 13.5. The van der Waals surface area contributed by atoms with Gasteiger partial charge in [-0.2, -0.15) is 0 Å². The maximum Gasteiger partial charge on any atom is 0.167 e. The monoisotopic (exact) mass is 552 g/mol. The summed E-state index contributed by atoms with van der Waals surface area (Å²) in [6, 6.07) is 14.9. The highest BCUT2D eigenvalue weighted by molar-refractivity contribution is 5.98. The average Bonchev–Trinajstić information content (AvgIpc) is 2.89. The number of unbranched alkanes of at least 4 members (excludes halogenated alkanes) is 1. The second-order valence-corrected chi connectivity index (χ2v) is 12.6. The first kappa shape index (κ1) is 33.5. The van der Waals surface area contributed by atoms with E-state index in [4.69, 9.17) is 9.47 Å². The SMILES string of the molecule is CCOc1ccc(C(=O)[C@H](CCCC[C@@H](CNC(C)(C)C)C(=O)c2ccc(OCC)cc2)CNC(C)(C)C)cc1. The Morgan fingerprint density at radius 1 is 0.625 bits per heavy atom. The van der Waals surface area contributed by atoms with Crippen molar-refractivity contribution in [3.05, 3.63) is 59.7 Å². The third-order valence-corrected chi connectivity index (χ3v) is 6.75. The molecule has 2 N–H and O–H groups in total. The number of rotatable bonds is 17. The van der Waals surface area contributed by atoms with Gasteiger partial charge in [0.25, 0.3) is 0 Å². The zero-order chi connectivity index (χ0) is 29.8. The molecular formula is C34H52N2O4. The fourth-order valence-electron chi connectivity index (χ4n) is 4.53. The number of nitrogens with one attached hydrogen (secondary N) is 2. The highest BCUT2D eigenvalue weighted by Crippen LogP contribution is 2.23.